The van der Waals surface area contributed by atoms with Crippen molar-refractivity contribution in [2.75, 3.05) is 37.4 Å². The number of carbonyl (C=O) groups excluding carboxylic acids is 1. The average Bonchev–Trinajstić information content (AvgIpc) is 3.17. The molecule has 0 amide bonds. The Morgan fingerprint density at radius 3 is 2.69 bits per heavy atom. The SMILES string of the molecule is CC(C)(C)OC(=O)ON1CC[C@H](Oc2ccc3c(c2)N(c2cnc(S(C)(=O)=O)c(F)c2)CCO3)C1. The van der Waals surface area contributed by atoms with Crippen LogP contribution in [0.5, 0.6) is 11.5 Å². The number of hydroxylamine groups is 2. The molecule has 1 aromatic carbocycles. The van der Waals surface area contributed by atoms with Gasteiger partial charge in [-0.25, -0.2) is 22.6 Å². The van der Waals surface area contributed by atoms with Gasteiger partial charge in [-0.15, -0.1) is 5.06 Å². The van der Waals surface area contributed by atoms with E-state index in [1.165, 1.54) is 11.3 Å². The molecule has 4 rings (SSSR count). The molecule has 0 bridgehead atoms. The number of hydrogen-bond acceptors (Lipinski definition) is 10. The van der Waals surface area contributed by atoms with Crippen molar-refractivity contribution in [3.05, 3.63) is 36.3 Å². The van der Waals surface area contributed by atoms with E-state index in [1.807, 2.05) is 0 Å². The van der Waals surface area contributed by atoms with Gasteiger partial charge in [0.2, 0.25) is 0 Å². The highest BCUT2D eigenvalue weighted by atomic mass is 32.2. The number of pyridine rings is 1. The summed E-state index contributed by atoms with van der Waals surface area (Å²) in [6.45, 7) is 6.94. The fourth-order valence-electron chi connectivity index (χ4n) is 3.82. The van der Waals surface area contributed by atoms with E-state index in [4.69, 9.17) is 19.0 Å². The Morgan fingerprint density at radius 1 is 1.23 bits per heavy atom. The number of ether oxygens (including phenoxy) is 3. The van der Waals surface area contributed by atoms with Crippen molar-refractivity contribution >= 4 is 27.4 Å². The Labute approximate surface area is 203 Å². The van der Waals surface area contributed by atoms with Crippen LogP contribution in [-0.2, 0) is 19.4 Å². The molecular weight excluding hydrogens is 481 g/mol. The number of rotatable bonds is 5. The molecule has 35 heavy (non-hydrogen) atoms. The summed E-state index contributed by atoms with van der Waals surface area (Å²) in [6.07, 6.45) is 1.89. The summed E-state index contributed by atoms with van der Waals surface area (Å²) in [4.78, 5) is 22.8. The van der Waals surface area contributed by atoms with E-state index < -0.39 is 32.4 Å². The molecule has 10 nitrogen and oxygen atoms in total. The summed E-state index contributed by atoms with van der Waals surface area (Å²) in [5.74, 6) is 0.226. The predicted octanol–water partition coefficient (Wildman–Crippen LogP) is 3.47. The minimum absolute atomic E-state index is 0.221. The van der Waals surface area contributed by atoms with Crippen molar-refractivity contribution < 1.29 is 36.7 Å². The Hall–Kier alpha value is -3.12. The largest absolute Gasteiger partial charge is 0.528 e. The fraction of sp³-hybridized carbons (Fsp3) is 0.478. The van der Waals surface area contributed by atoms with Crippen LogP contribution in [0, 0.1) is 5.82 Å². The molecule has 1 atom stereocenters. The lowest BCUT2D eigenvalue weighted by Crippen LogP contribution is -2.32. The molecule has 1 saturated heterocycles. The topological polar surface area (TPSA) is 107 Å². The Bertz CT molecular complexity index is 1220. The van der Waals surface area contributed by atoms with Crippen LogP contribution in [0.25, 0.3) is 0 Å². The molecule has 0 unspecified atom stereocenters. The summed E-state index contributed by atoms with van der Waals surface area (Å²) >= 11 is 0. The minimum atomic E-state index is -3.78. The van der Waals surface area contributed by atoms with Crippen LogP contribution in [0.15, 0.2) is 35.5 Å². The highest BCUT2D eigenvalue weighted by molar-refractivity contribution is 7.90. The summed E-state index contributed by atoms with van der Waals surface area (Å²) in [6, 6.07) is 6.45. The molecule has 0 radical (unpaired) electrons. The van der Waals surface area contributed by atoms with Gasteiger partial charge in [-0.05, 0) is 32.9 Å². The summed E-state index contributed by atoms with van der Waals surface area (Å²) < 4.78 is 54.9. The predicted molar refractivity (Wildman–Crippen MR) is 124 cm³/mol. The lowest BCUT2D eigenvalue weighted by Gasteiger charge is -2.31. The highest BCUT2D eigenvalue weighted by Gasteiger charge is 2.30. The minimum Gasteiger partial charge on any atom is -0.490 e. The van der Waals surface area contributed by atoms with Crippen LogP contribution in [0.4, 0.5) is 20.6 Å². The van der Waals surface area contributed by atoms with Gasteiger partial charge < -0.3 is 23.9 Å². The molecular formula is C23H28FN3O7S. The van der Waals surface area contributed by atoms with Crippen molar-refractivity contribution in [1.29, 1.82) is 0 Å². The zero-order valence-corrected chi connectivity index (χ0v) is 20.8. The first-order chi connectivity index (χ1) is 16.4. The first-order valence-corrected chi connectivity index (χ1v) is 13.0. The van der Waals surface area contributed by atoms with E-state index in [0.29, 0.717) is 55.5 Å². The second-order valence-electron chi connectivity index (χ2n) is 9.35. The second-order valence-corrected chi connectivity index (χ2v) is 11.3. The number of carbonyl (C=O) groups is 1. The van der Waals surface area contributed by atoms with Crippen molar-refractivity contribution in [2.45, 2.75) is 43.9 Å². The lowest BCUT2D eigenvalue weighted by atomic mass is 10.2. The van der Waals surface area contributed by atoms with Gasteiger partial charge in [0.25, 0.3) is 0 Å². The number of hydrogen-bond donors (Lipinski definition) is 0. The number of fused-ring (bicyclic) bond motifs is 1. The van der Waals surface area contributed by atoms with Crippen molar-refractivity contribution in [2.24, 2.45) is 0 Å². The normalized spacial score (nSPS) is 18.5. The van der Waals surface area contributed by atoms with Gasteiger partial charge in [0.1, 0.15) is 29.8 Å². The number of anilines is 2. The number of sulfone groups is 1. The van der Waals surface area contributed by atoms with Gasteiger partial charge in [-0.1, -0.05) is 0 Å². The highest BCUT2D eigenvalue weighted by Crippen LogP contribution is 2.39. The Kier molecular flexibility index (Phi) is 6.78. The van der Waals surface area contributed by atoms with Crippen molar-refractivity contribution in [1.82, 2.24) is 10.0 Å². The molecule has 0 aliphatic carbocycles. The van der Waals surface area contributed by atoms with E-state index >= 15 is 0 Å². The third kappa shape index (κ3) is 6.12. The van der Waals surface area contributed by atoms with Crippen LogP contribution in [0.2, 0.25) is 0 Å². The molecule has 2 aliphatic rings. The monoisotopic (exact) mass is 509 g/mol. The van der Waals surface area contributed by atoms with Crippen LogP contribution in [-0.4, -0.2) is 68.8 Å². The Morgan fingerprint density at radius 2 is 2.00 bits per heavy atom. The van der Waals surface area contributed by atoms with Crippen LogP contribution in [0.1, 0.15) is 27.2 Å². The maximum Gasteiger partial charge on any atom is 0.528 e. The maximum absolute atomic E-state index is 14.5. The standard InChI is InChI=1S/C23H28FN3O7S/c1-23(2,3)33-22(28)34-26-8-7-17(14-26)32-16-5-6-20-19(12-16)27(9-10-31-20)15-11-18(24)21(25-13-15)35(4,29)30/h5-6,11-13,17H,7-10,14H2,1-4H3/t17-/m0/s1. The molecule has 190 valence electrons. The molecule has 0 saturated carbocycles. The van der Waals surface area contributed by atoms with Gasteiger partial charge in [-0.2, -0.15) is 0 Å². The van der Waals surface area contributed by atoms with Crippen molar-refractivity contribution in [3.63, 3.8) is 0 Å². The van der Waals surface area contributed by atoms with Gasteiger partial charge in [-0.3, -0.25) is 0 Å². The first-order valence-electron chi connectivity index (χ1n) is 11.1. The van der Waals surface area contributed by atoms with E-state index in [2.05, 4.69) is 4.98 Å². The summed E-state index contributed by atoms with van der Waals surface area (Å²) in [5.41, 5.74) is 0.393. The molecule has 3 heterocycles. The smallest absolute Gasteiger partial charge is 0.490 e. The lowest BCUT2D eigenvalue weighted by molar-refractivity contribution is -0.132. The maximum atomic E-state index is 14.5. The third-order valence-electron chi connectivity index (χ3n) is 5.25. The molecule has 12 heteroatoms. The third-order valence-corrected chi connectivity index (χ3v) is 6.26. The van der Waals surface area contributed by atoms with E-state index in [1.54, 1.807) is 43.9 Å². The number of aromatic nitrogens is 1. The first kappa shape index (κ1) is 25.0. The van der Waals surface area contributed by atoms with Gasteiger partial charge in [0.15, 0.2) is 20.7 Å². The van der Waals surface area contributed by atoms with E-state index in [0.717, 1.165) is 12.3 Å². The fourth-order valence-corrected chi connectivity index (χ4v) is 4.48. The molecule has 0 spiro atoms. The number of benzene rings is 1. The van der Waals surface area contributed by atoms with Crippen LogP contribution in [0.3, 0.4) is 0 Å². The van der Waals surface area contributed by atoms with E-state index in [-0.39, 0.29) is 6.10 Å². The van der Waals surface area contributed by atoms with E-state index in [9.17, 15) is 17.6 Å². The summed E-state index contributed by atoms with van der Waals surface area (Å²) in [5, 5.41) is 0.913. The van der Waals surface area contributed by atoms with Crippen molar-refractivity contribution in [3.8, 4) is 11.5 Å². The van der Waals surface area contributed by atoms with Crippen LogP contribution < -0.4 is 14.4 Å². The van der Waals surface area contributed by atoms with Crippen LogP contribution >= 0.6 is 0 Å². The van der Waals surface area contributed by atoms with Gasteiger partial charge in [0, 0.05) is 31.4 Å². The zero-order valence-electron chi connectivity index (χ0n) is 20.0. The zero-order chi connectivity index (χ0) is 25.4. The quantitative estimate of drug-likeness (QED) is 0.556. The number of nitrogens with zero attached hydrogens (tertiary/aromatic N) is 3. The molecule has 2 aliphatic heterocycles. The average molecular weight is 510 g/mol. The molecule has 1 fully saturated rings. The summed E-state index contributed by atoms with van der Waals surface area (Å²) in [7, 11) is -3.78. The Balaban J connectivity index is 1.46. The molecule has 0 N–H and O–H groups in total. The van der Waals surface area contributed by atoms with Gasteiger partial charge in [0.05, 0.1) is 30.7 Å². The van der Waals surface area contributed by atoms with Gasteiger partial charge >= 0.3 is 6.16 Å². The molecule has 1 aromatic heterocycles. The number of halogens is 1. The molecule has 2 aromatic rings. The second kappa shape index (κ2) is 9.50.